The largest absolute Gasteiger partial charge is 0.461 e. The van der Waals surface area contributed by atoms with Crippen LogP contribution in [-0.4, -0.2) is 38.9 Å². The van der Waals surface area contributed by atoms with Crippen molar-refractivity contribution in [3.8, 4) is 0 Å². The molecule has 20 heavy (non-hydrogen) atoms. The van der Waals surface area contributed by atoms with Gasteiger partial charge in [-0.2, -0.15) is 5.10 Å². The van der Waals surface area contributed by atoms with Crippen LogP contribution in [0, 0.1) is 0 Å². The van der Waals surface area contributed by atoms with E-state index in [1.165, 1.54) is 0 Å². The molecule has 0 aliphatic carbocycles. The molecular formula is C14H22N4O2. The molecule has 6 nitrogen and oxygen atoms in total. The predicted octanol–water partition coefficient (Wildman–Crippen LogP) is 1.01. The van der Waals surface area contributed by atoms with Crippen molar-refractivity contribution in [2.45, 2.75) is 70.7 Å². The van der Waals surface area contributed by atoms with Crippen molar-refractivity contribution >= 4 is 5.97 Å². The third-order valence-electron chi connectivity index (χ3n) is 4.00. The lowest BCUT2D eigenvalue weighted by Gasteiger charge is -2.25. The smallest absolute Gasteiger partial charge is 0.323 e. The Morgan fingerprint density at radius 1 is 1.45 bits per heavy atom. The summed E-state index contributed by atoms with van der Waals surface area (Å²) in [4.78, 5) is 16.3. The highest BCUT2D eigenvalue weighted by atomic mass is 16.6. The molecule has 2 aliphatic rings. The Kier molecular flexibility index (Phi) is 3.50. The van der Waals surface area contributed by atoms with Crippen molar-refractivity contribution in [1.29, 1.82) is 0 Å². The summed E-state index contributed by atoms with van der Waals surface area (Å²) in [6.07, 6.45) is 2.69. The Hall–Kier alpha value is -1.43. The summed E-state index contributed by atoms with van der Waals surface area (Å²) < 4.78 is 7.17. The van der Waals surface area contributed by atoms with Gasteiger partial charge in [0.25, 0.3) is 0 Å². The van der Waals surface area contributed by atoms with E-state index in [9.17, 15) is 4.79 Å². The molecule has 1 aromatic rings. The molecule has 1 saturated heterocycles. The summed E-state index contributed by atoms with van der Waals surface area (Å²) in [7, 11) is 0. The van der Waals surface area contributed by atoms with Crippen LogP contribution >= 0.6 is 0 Å². The average Bonchev–Trinajstić information content (AvgIpc) is 2.93. The molecule has 0 aromatic carbocycles. The van der Waals surface area contributed by atoms with Gasteiger partial charge in [0.15, 0.2) is 5.82 Å². The number of esters is 1. The number of rotatable bonds is 3. The quantitative estimate of drug-likeness (QED) is 0.836. The lowest BCUT2D eigenvalue weighted by Crippen LogP contribution is -2.45. The molecule has 0 bridgehead atoms. The van der Waals surface area contributed by atoms with Crippen molar-refractivity contribution in [2.75, 3.05) is 0 Å². The van der Waals surface area contributed by atoms with Gasteiger partial charge in [0, 0.05) is 24.8 Å². The van der Waals surface area contributed by atoms with Crippen LogP contribution in [0.1, 0.15) is 51.2 Å². The zero-order valence-electron chi connectivity index (χ0n) is 12.3. The molecule has 110 valence electrons. The molecule has 0 saturated carbocycles. The molecule has 3 atom stereocenters. The number of hydrogen-bond acceptors (Lipinski definition) is 5. The summed E-state index contributed by atoms with van der Waals surface area (Å²) in [5.74, 6) is 2.21. The second kappa shape index (κ2) is 5.16. The fourth-order valence-electron chi connectivity index (χ4n) is 2.89. The van der Waals surface area contributed by atoms with E-state index in [1.54, 1.807) is 0 Å². The highest BCUT2D eigenvalue weighted by molar-refractivity contribution is 5.77. The summed E-state index contributed by atoms with van der Waals surface area (Å²) in [5, 5.41) is 7.97. The number of aryl methyl sites for hydroxylation is 1. The lowest BCUT2D eigenvalue weighted by atomic mass is 10.1. The number of ether oxygens (including phenoxy) is 1. The zero-order chi connectivity index (χ0) is 14.3. The molecule has 3 rings (SSSR count). The molecule has 1 N–H and O–H groups in total. The van der Waals surface area contributed by atoms with Crippen LogP contribution in [0.4, 0.5) is 0 Å². The second-order valence-electron chi connectivity index (χ2n) is 6.16. The van der Waals surface area contributed by atoms with Crippen molar-refractivity contribution in [3.63, 3.8) is 0 Å². The average molecular weight is 278 g/mol. The SMILES string of the molecule is CC1CC(NC2CCc3nc(C(C)C)nn3C2)C(=O)O1. The van der Waals surface area contributed by atoms with Crippen molar-refractivity contribution in [1.82, 2.24) is 20.1 Å². The first-order valence-corrected chi connectivity index (χ1v) is 7.43. The minimum absolute atomic E-state index is 0.0260. The molecule has 2 aliphatic heterocycles. The van der Waals surface area contributed by atoms with Gasteiger partial charge in [-0.1, -0.05) is 13.8 Å². The Bertz CT molecular complexity index is 511. The van der Waals surface area contributed by atoms with E-state index in [0.717, 1.165) is 37.5 Å². The molecule has 3 heterocycles. The van der Waals surface area contributed by atoms with Crippen LogP contribution in [-0.2, 0) is 22.5 Å². The Labute approximate surface area is 118 Å². The highest BCUT2D eigenvalue weighted by Crippen LogP contribution is 2.20. The van der Waals surface area contributed by atoms with Gasteiger partial charge in [0.2, 0.25) is 0 Å². The van der Waals surface area contributed by atoms with E-state index in [2.05, 4.69) is 29.2 Å². The number of nitrogens with zero attached hydrogens (tertiary/aromatic N) is 3. The van der Waals surface area contributed by atoms with E-state index < -0.39 is 0 Å². The van der Waals surface area contributed by atoms with Gasteiger partial charge in [0.1, 0.15) is 18.0 Å². The van der Waals surface area contributed by atoms with Gasteiger partial charge in [-0.05, 0) is 13.3 Å². The van der Waals surface area contributed by atoms with Gasteiger partial charge < -0.3 is 4.74 Å². The Morgan fingerprint density at radius 2 is 2.25 bits per heavy atom. The zero-order valence-corrected chi connectivity index (χ0v) is 12.3. The third kappa shape index (κ3) is 2.57. The van der Waals surface area contributed by atoms with Crippen molar-refractivity contribution < 1.29 is 9.53 Å². The number of nitrogens with one attached hydrogen (secondary N) is 1. The minimum atomic E-state index is -0.162. The number of cyclic esters (lactones) is 1. The van der Waals surface area contributed by atoms with Crippen molar-refractivity contribution in [3.05, 3.63) is 11.6 Å². The summed E-state index contributed by atoms with van der Waals surface area (Å²) in [6.45, 7) is 6.93. The number of carbonyl (C=O) groups is 1. The van der Waals surface area contributed by atoms with Crippen LogP contribution in [0.25, 0.3) is 0 Å². The first-order valence-electron chi connectivity index (χ1n) is 7.43. The maximum absolute atomic E-state index is 11.7. The summed E-state index contributed by atoms with van der Waals surface area (Å²) in [5.41, 5.74) is 0. The van der Waals surface area contributed by atoms with E-state index in [1.807, 2.05) is 11.6 Å². The molecule has 0 amide bonds. The molecule has 0 spiro atoms. The van der Waals surface area contributed by atoms with Crippen molar-refractivity contribution in [2.24, 2.45) is 0 Å². The topological polar surface area (TPSA) is 69.0 Å². The summed E-state index contributed by atoms with van der Waals surface area (Å²) >= 11 is 0. The molecule has 6 heteroatoms. The van der Waals surface area contributed by atoms with Gasteiger partial charge in [-0.15, -0.1) is 0 Å². The fraction of sp³-hybridized carbons (Fsp3) is 0.786. The van der Waals surface area contributed by atoms with Gasteiger partial charge >= 0.3 is 5.97 Å². The van der Waals surface area contributed by atoms with E-state index in [-0.39, 0.29) is 24.2 Å². The van der Waals surface area contributed by atoms with E-state index in [4.69, 9.17) is 4.74 Å². The maximum Gasteiger partial charge on any atom is 0.323 e. The summed E-state index contributed by atoms with van der Waals surface area (Å²) in [6, 6.07) is 0.108. The molecule has 3 unspecified atom stereocenters. The van der Waals surface area contributed by atoms with Gasteiger partial charge in [-0.3, -0.25) is 10.1 Å². The first-order chi connectivity index (χ1) is 9.52. The van der Waals surface area contributed by atoms with Crippen LogP contribution in [0.3, 0.4) is 0 Å². The minimum Gasteiger partial charge on any atom is -0.461 e. The Balaban J connectivity index is 1.65. The maximum atomic E-state index is 11.7. The van der Waals surface area contributed by atoms with Gasteiger partial charge in [-0.25, -0.2) is 9.67 Å². The molecule has 1 fully saturated rings. The molecule has 1 aromatic heterocycles. The van der Waals surface area contributed by atoms with Crippen LogP contribution < -0.4 is 5.32 Å². The Morgan fingerprint density at radius 3 is 2.90 bits per heavy atom. The number of carbonyl (C=O) groups excluding carboxylic acids is 1. The van der Waals surface area contributed by atoms with Crippen LogP contribution in [0.15, 0.2) is 0 Å². The lowest BCUT2D eigenvalue weighted by molar-refractivity contribution is -0.142. The standard InChI is InChI=1S/C14H22N4O2/c1-8(2)13-16-12-5-4-10(7-18(12)17-13)15-11-6-9(3)20-14(11)19/h8-11,15H,4-7H2,1-3H3. The number of fused-ring (bicyclic) bond motifs is 1. The van der Waals surface area contributed by atoms with Crippen LogP contribution in [0.5, 0.6) is 0 Å². The van der Waals surface area contributed by atoms with Crippen LogP contribution in [0.2, 0.25) is 0 Å². The monoisotopic (exact) mass is 278 g/mol. The first kappa shape index (κ1) is 13.5. The normalized spacial score (nSPS) is 29.6. The number of aromatic nitrogens is 3. The predicted molar refractivity (Wildman–Crippen MR) is 73.3 cm³/mol. The molecular weight excluding hydrogens is 256 g/mol. The van der Waals surface area contributed by atoms with Gasteiger partial charge in [0.05, 0.1) is 6.54 Å². The van der Waals surface area contributed by atoms with E-state index in [0.29, 0.717) is 5.92 Å². The third-order valence-corrected chi connectivity index (χ3v) is 4.00. The highest BCUT2D eigenvalue weighted by Gasteiger charge is 2.34. The second-order valence-corrected chi connectivity index (χ2v) is 6.16. The number of hydrogen-bond donors (Lipinski definition) is 1. The van der Waals surface area contributed by atoms with E-state index >= 15 is 0 Å². The molecule has 0 radical (unpaired) electrons. The fourth-order valence-corrected chi connectivity index (χ4v) is 2.89.